The molecule has 2 aromatic rings. The Kier molecular flexibility index (Phi) is 7.82. The van der Waals surface area contributed by atoms with E-state index >= 15 is 0 Å². The number of guanidine groups is 1. The van der Waals surface area contributed by atoms with Gasteiger partial charge >= 0.3 is 0 Å². The number of nitrogens with zero attached hydrogens (tertiary/aromatic N) is 3. The van der Waals surface area contributed by atoms with Gasteiger partial charge in [-0.1, -0.05) is 31.2 Å². The minimum Gasteiger partial charge on any atom is -0.390 e. The third-order valence-electron chi connectivity index (χ3n) is 4.85. The number of aromatic nitrogens is 1. The van der Waals surface area contributed by atoms with E-state index < -0.39 is 6.10 Å². The molecule has 0 spiro atoms. The summed E-state index contributed by atoms with van der Waals surface area (Å²) >= 11 is 1.71. The van der Waals surface area contributed by atoms with E-state index in [9.17, 15) is 5.11 Å². The van der Waals surface area contributed by atoms with Crippen molar-refractivity contribution in [2.24, 2.45) is 4.99 Å². The molecule has 0 fully saturated rings. The summed E-state index contributed by atoms with van der Waals surface area (Å²) in [5, 5.41) is 18.0. The van der Waals surface area contributed by atoms with Crippen molar-refractivity contribution in [3.63, 3.8) is 0 Å². The molecule has 3 rings (SSSR count). The lowest BCUT2D eigenvalue weighted by Crippen LogP contribution is -2.45. The minimum atomic E-state index is -0.444. The Morgan fingerprint density at radius 3 is 2.86 bits per heavy atom. The van der Waals surface area contributed by atoms with Crippen molar-refractivity contribution in [1.29, 1.82) is 0 Å². The highest BCUT2D eigenvalue weighted by Crippen LogP contribution is 2.18. The molecule has 6 nitrogen and oxygen atoms in total. The fourth-order valence-corrected chi connectivity index (χ4v) is 4.15. The van der Waals surface area contributed by atoms with Gasteiger partial charge in [0.15, 0.2) is 5.96 Å². The third kappa shape index (κ3) is 6.02. The lowest BCUT2D eigenvalue weighted by Gasteiger charge is -2.30. The van der Waals surface area contributed by atoms with Crippen LogP contribution in [0.3, 0.4) is 0 Å². The molecule has 0 amide bonds. The first-order chi connectivity index (χ1) is 13.7. The summed E-state index contributed by atoms with van der Waals surface area (Å²) in [5.74, 6) is 0.721. The van der Waals surface area contributed by atoms with Crippen LogP contribution in [0.1, 0.15) is 34.9 Å². The summed E-state index contributed by atoms with van der Waals surface area (Å²) in [7, 11) is 0. The van der Waals surface area contributed by atoms with E-state index in [2.05, 4.69) is 56.7 Å². The van der Waals surface area contributed by atoms with E-state index in [-0.39, 0.29) is 0 Å². The van der Waals surface area contributed by atoms with Gasteiger partial charge in [0.1, 0.15) is 5.01 Å². The highest BCUT2D eigenvalue weighted by Gasteiger charge is 2.18. The zero-order chi connectivity index (χ0) is 19.8. The number of hydrogen-bond acceptors (Lipinski definition) is 5. The molecule has 1 atom stereocenters. The van der Waals surface area contributed by atoms with Gasteiger partial charge in [0.25, 0.3) is 0 Å². The van der Waals surface area contributed by atoms with Gasteiger partial charge in [-0.3, -0.25) is 4.90 Å². The Balaban J connectivity index is 1.47. The number of thiazole rings is 1. The molecular weight excluding hydrogens is 370 g/mol. The van der Waals surface area contributed by atoms with Crippen molar-refractivity contribution in [3.8, 4) is 0 Å². The highest BCUT2D eigenvalue weighted by molar-refractivity contribution is 7.11. The van der Waals surface area contributed by atoms with Gasteiger partial charge in [-0.15, -0.1) is 11.3 Å². The van der Waals surface area contributed by atoms with Crippen LogP contribution in [-0.4, -0.2) is 53.2 Å². The van der Waals surface area contributed by atoms with Crippen molar-refractivity contribution in [3.05, 3.63) is 51.5 Å². The Morgan fingerprint density at radius 1 is 1.29 bits per heavy atom. The van der Waals surface area contributed by atoms with E-state index in [1.165, 1.54) is 16.0 Å². The predicted molar refractivity (Wildman–Crippen MR) is 116 cm³/mol. The number of aliphatic hydroxyl groups excluding tert-OH is 1. The average Bonchev–Trinajstić information content (AvgIpc) is 3.18. The molecule has 1 aliphatic rings. The van der Waals surface area contributed by atoms with Gasteiger partial charge < -0.3 is 15.7 Å². The first-order valence-corrected chi connectivity index (χ1v) is 10.9. The summed E-state index contributed by atoms with van der Waals surface area (Å²) < 4.78 is 0. The largest absolute Gasteiger partial charge is 0.390 e. The number of rotatable bonds is 8. The second kappa shape index (κ2) is 10.5. The van der Waals surface area contributed by atoms with Crippen LogP contribution in [0.5, 0.6) is 0 Å². The van der Waals surface area contributed by atoms with Crippen molar-refractivity contribution < 1.29 is 5.11 Å². The molecular formula is C21H31N5OS. The fourth-order valence-electron chi connectivity index (χ4n) is 3.36. The van der Waals surface area contributed by atoms with Crippen LogP contribution in [0.25, 0.3) is 0 Å². The van der Waals surface area contributed by atoms with Crippen molar-refractivity contribution in [2.45, 2.75) is 45.9 Å². The molecule has 7 heteroatoms. The summed E-state index contributed by atoms with van der Waals surface area (Å²) in [5.41, 5.74) is 2.81. The monoisotopic (exact) mass is 401 g/mol. The van der Waals surface area contributed by atoms with Crippen LogP contribution in [0, 0.1) is 0 Å². The number of aliphatic imine (C=N–C) groups is 1. The van der Waals surface area contributed by atoms with Crippen LogP contribution in [0.15, 0.2) is 35.5 Å². The zero-order valence-corrected chi connectivity index (χ0v) is 17.6. The summed E-state index contributed by atoms with van der Waals surface area (Å²) in [6, 6.07) is 8.58. The van der Waals surface area contributed by atoms with E-state index in [0.29, 0.717) is 19.6 Å². The highest BCUT2D eigenvalue weighted by atomic mass is 32.1. The second-order valence-electron chi connectivity index (χ2n) is 7.06. The van der Waals surface area contributed by atoms with Crippen molar-refractivity contribution in [2.75, 3.05) is 26.2 Å². The van der Waals surface area contributed by atoms with Gasteiger partial charge in [-0.05, 0) is 30.9 Å². The van der Waals surface area contributed by atoms with Gasteiger partial charge in [0.2, 0.25) is 0 Å². The molecule has 28 heavy (non-hydrogen) atoms. The lowest BCUT2D eigenvalue weighted by molar-refractivity contribution is 0.108. The van der Waals surface area contributed by atoms with E-state index in [4.69, 9.17) is 0 Å². The maximum absolute atomic E-state index is 10.5. The molecule has 0 aliphatic carbocycles. The fraction of sp³-hybridized carbons (Fsp3) is 0.524. The smallest absolute Gasteiger partial charge is 0.191 e. The summed E-state index contributed by atoms with van der Waals surface area (Å²) in [6.07, 6.45) is 3.54. The minimum absolute atomic E-state index is 0.444. The Labute approximate surface area is 171 Å². The molecule has 1 aromatic heterocycles. The third-order valence-corrected chi connectivity index (χ3v) is 5.98. The quantitative estimate of drug-likeness (QED) is 0.467. The molecule has 0 bridgehead atoms. The van der Waals surface area contributed by atoms with Crippen LogP contribution >= 0.6 is 11.3 Å². The standard InChI is InChI=1S/C21H31N5OS/c1-3-19-12-23-20(28-19)13-25-21(22-4-2)24-11-18(27)15-26-10-9-16-7-5-6-8-17(16)14-26/h5-8,12,18,27H,3-4,9-11,13-15H2,1-2H3,(H2,22,24,25). The van der Waals surface area contributed by atoms with Gasteiger partial charge in [0.05, 0.1) is 12.6 Å². The molecule has 3 N–H and O–H groups in total. The summed E-state index contributed by atoms with van der Waals surface area (Å²) in [4.78, 5) is 12.6. The van der Waals surface area contributed by atoms with Gasteiger partial charge in [0, 0.05) is 43.8 Å². The molecule has 1 aliphatic heterocycles. The van der Waals surface area contributed by atoms with Crippen molar-refractivity contribution >= 4 is 17.3 Å². The Morgan fingerprint density at radius 2 is 2.11 bits per heavy atom. The van der Waals surface area contributed by atoms with Crippen LogP contribution in [0.2, 0.25) is 0 Å². The Bertz CT molecular complexity index is 776. The van der Waals surface area contributed by atoms with Crippen LogP contribution in [-0.2, 0) is 25.9 Å². The topological polar surface area (TPSA) is 72.8 Å². The first-order valence-electron chi connectivity index (χ1n) is 10.1. The molecule has 152 valence electrons. The molecule has 1 unspecified atom stereocenters. The number of aryl methyl sites for hydroxylation is 1. The summed E-state index contributed by atoms with van der Waals surface area (Å²) in [6.45, 7) is 8.54. The maximum atomic E-state index is 10.5. The number of benzene rings is 1. The average molecular weight is 402 g/mol. The molecule has 2 heterocycles. The molecule has 0 saturated heterocycles. The first kappa shape index (κ1) is 20.8. The number of hydrogen-bond donors (Lipinski definition) is 3. The second-order valence-corrected chi connectivity index (χ2v) is 8.26. The Hall–Kier alpha value is -1.96. The number of β-amino-alcohol motifs (C(OH)–C–C–N with tert-alkyl or cyclic N) is 1. The van der Waals surface area contributed by atoms with Gasteiger partial charge in [-0.2, -0.15) is 0 Å². The van der Waals surface area contributed by atoms with E-state index in [0.717, 1.165) is 43.4 Å². The number of nitrogens with one attached hydrogen (secondary N) is 2. The van der Waals surface area contributed by atoms with Gasteiger partial charge in [-0.25, -0.2) is 9.98 Å². The molecule has 0 radical (unpaired) electrons. The van der Waals surface area contributed by atoms with Crippen LogP contribution < -0.4 is 10.6 Å². The lowest BCUT2D eigenvalue weighted by atomic mass is 10.00. The number of fused-ring (bicyclic) bond motifs is 1. The van der Waals surface area contributed by atoms with E-state index in [1.807, 2.05) is 13.1 Å². The zero-order valence-electron chi connectivity index (χ0n) is 16.8. The van der Waals surface area contributed by atoms with E-state index in [1.54, 1.807) is 11.3 Å². The normalized spacial score (nSPS) is 15.9. The number of aliphatic hydroxyl groups is 1. The van der Waals surface area contributed by atoms with Crippen LogP contribution in [0.4, 0.5) is 0 Å². The van der Waals surface area contributed by atoms with Crippen molar-refractivity contribution in [1.82, 2.24) is 20.5 Å². The maximum Gasteiger partial charge on any atom is 0.191 e. The SMILES string of the molecule is CCNC(=NCc1ncc(CC)s1)NCC(O)CN1CCc2ccccc2C1. The molecule has 0 saturated carbocycles. The predicted octanol–water partition coefficient (Wildman–Crippen LogP) is 2.18. The molecule has 1 aromatic carbocycles.